The predicted molar refractivity (Wildman–Crippen MR) is 142 cm³/mol. The molecule has 0 aromatic heterocycles. The van der Waals surface area contributed by atoms with Crippen molar-refractivity contribution < 1.29 is 38.1 Å². The molecule has 1 rings (SSSR count). The lowest BCUT2D eigenvalue weighted by atomic mass is 9.87. The second kappa shape index (κ2) is 14.8. The van der Waals surface area contributed by atoms with Crippen molar-refractivity contribution in [2.24, 2.45) is 0 Å². The van der Waals surface area contributed by atoms with Crippen LogP contribution in [0.5, 0.6) is 0 Å². The van der Waals surface area contributed by atoms with E-state index in [1.807, 2.05) is 52.0 Å². The van der Waals surface area contributed by atoms with E-state index in [2.05, 4.69) is 23.8 Å². The Morgan fingerprint density at radius 3 is 1.50 bits per heavy atom. The van der Waals surface area contributed by atoms with Gasteiger partial charge in [0, 0.05) is 11.1 Å². The van der Waals surface area contributed by atoms with Gasteiger partial charge < -0.3 is 29.6 Å². The van der Waals surface area contributed by atoms with Crippen molar-refractivity contribution in [3.8, 4) is 0 Å². The van der Waals surface area contributed by atoms with Gasteiger partial charge in [0.2, 0.25) is 0 Å². The second-order valence-electron chi connectivity index (χ2n) is 9.89. The third-order valence-electron chi connectivity index (χ3n) is 5.39. The van der Waals surface area contributed by atoms with Gasteiger partial charge in [-0.1, -0.05) is 37.4 Å². The van der Waals surface area contributed by atoms with Crippen LogP contribution in [0, 0.1) is 0 Å². The smallest absolute Gasteiger partial charge is 0.407 e. The quantitative estimate of drug-likeness (QED) is 0.154. The number of hydrogen-bond donors (Lipinski definition) is 2. The molecule has 0 saturated carbocycles. The summed E-state index contributed by atoms with van der Waals surface area (Å²) in [5.74, 6) is -0.989. The highest BCUT2D eigenvalue weighted by atomic mass is 16.6. The third kappa shape index (κ3) is 11.5. The fourth-order valence-corrected chi connectivity index (χ4v) is 3.07. The standard InChI is InChI=1S/C28H40N2O8/c1-19(2)23(31)35-14-9-10-15-37-25(33)29-27(5,6)21-12-11-13-22(18-21)28(7,8)30-26(34)38-17-16-36-24(32)20(3)4/h11-13,18H,1,3,9-10,14-17H2,2,4-8H3,(H,29,33)(H,30,34). The minimum atomic E-state index is -0.800. The van der Waals surface area contributed by atoms with E-state index in [1.165, 1.54) is 6.92 Å². The molecule has 10 heteroatoms. The number of carbonyl (C=O) groups is 4. The molecule has 0 unspecified atom stereocenters. The molecular weight excluding hydrogens is 492 g/mol. The minimum absolute atomic E-state index is 0.0759. The first kappa shape index (κ1) is 32.2. The number of nitrogens with one attached hydrogen (secondary N) is 2. The Morgan fingerprint density at radius 2 is 1.05 bits per heavy atom. The normalized spacial score (nSPS) is 11.1. The zero-order valence-electron chi connectivity index (χ0n) is 23.2. The molecule has 38 heavy (non-hydrogen) atoms. The molecule has 1 aromatic rings. The van der Waals surface area contributed by atoms with Crippen LogP contribution in [0.15, 0.2) is 48.6 Å². The maximum absolute atomic E-state index is 12.4. The molecule has 0 aliphatic rings. The molecule has 0 aliphatic carbocycles. The van der Waals surface area contributed by atoms with Crippen molar-refractivity contribution in [2.45, 2.75) is 65.5 Å². The number of ether oxygens (including phenoxy) is 4. The van der Waals surface area contributed by atoms with Crippen LogP contribution >= 0.6 is 0 Å². The Morgan fingerprint density at radius 1 is 0.684 bits per heavy atom. The van der Waals surface area contributed by atoms with Gasteiger partial charge in [0.05, 0.1) is 24.3 Å². The van der Waals surface area contributed by atoms with E-state index in [0.29, 0.717) is 18.4 Å². The SMILES string of the molecule is C=C(C)C(=O)OCCCCOC(=O)NC(C)(C)c1cccc(C(C)(C)NC(=O)OCCOC(=O)C(=C)C)c1. The molecule has 1 aromatic carbocycles. The number of rotatable bonds is 14. The minimum Gasteiger partial charge on any atom is -0.462 e. The van der Waals surface area contributed by atoms with E-state index < -0.39 is 35.2 Å². The molecule has 0 bridgehead atoms. The van der Waals surface area contributed by atoms with E-state index in [1.54, 1.807) is 6.92 Å². The summed E-state index contributed by atoms with van der Waals surface area (Å²) < 4.78 is 20.3. The average Bonchev–Trinajstić information content (AvgIpc) is 2.83. The van der Waals surface area contributed by atoms with Crippen molar-refractivity contribution in [2.75, 3.05) is 26.4 Å². The van der Waals surface area contributed by atoms with Crippen LogP contribution in [0.3, 0.4) is 0 Å². The Kier molecular flexibility index (Phi) is 12.5. The first-order valence-corrected chi connectivity index (χ1v) is 12.3. The Hall–Kier alpha value is -3.82. The molecule has 0 spiro atoms. The summed E-state index contributed by atoms with van der Waals surface area (Å²) in [4.78, 5) is 47.4. The maximum Gasteiger partial charge on any atom is 0.407 e. The maximum atomic E-state index is 12.4. The van der Waals surface area contributed by atoms with Crippen LogP contribution in [0.2, 0.25) is 0 Å². The number of benzene rings is 1. The van der Waals surface area contributed by atoms with Gasteiger partial charge in [-0.3, -0.25) is 0 Å². The van der Waals surface area contributed by atoms with Gasteiger partial charge in [-0.05, 0) is 65.5 Å². The molecule has 2 N–H and O–H groups in total. The number of carbonyl (C=O) groups excluding carboxylic acids is 4. The molecule has 0 fully saturated rings. The van der Waals surface area contributed by atoms with Crippen LogP contribution in [-0.4, -0.2) is 50.6 Å². The molecule has 0 saturated heterocycles. The van der Waals surface area contributed by atoms with Gasteiger partial charge in [0.25, 0.3) is 0 Å². The zero-order valence-corrected chi connectivity index (χ0v) is 23.2. The fourth-order valence-electron chi connectivity index (χ4n) is 3.07. The van der Waals surface area contributed by atoms with Gasteiger partial charge in [0.15, 0.2) is 0 Å². The van der Waals surface area contributed by atoms with E-state index in [4.69, 9.17) is 18.9 Å². The molecule has 210 valence electrons. The first-order valence-electron chi connectivity index (χ1n) is 12.3. The van der Waals surface area contributed by atoms with Gasteiger partial charge in [-0.15, -0.1) is 0 Å². The molecule has 0 heterocycles. The van der Waals surface area contributed by atoms with E-state index in [9.17, 15) is 19.2 Å². The van der Waals surface area contributed by atoms with Gasteiger partial charge in [-0.2, -0.15) is 0 Å². The number of amides is 2. The average molecular weight is 533 g/mol. The van der Waals surface area contributed by atoms with Crippen LogP contribution < -0.4 is 10.6 Å². The first-order chi connectivity index (χ1) is 17.7. The summed E-state index contributed by atoms with van der Waals surface area (Å²) in [6.45, 7) is 17.6. The van der Waals surface area contributed by atoms with Crippen LogP contribution in [0.4, 0.5) is 9.59 Å². The Bertz CT molecular complexity index is 1030. The second-order valence-corrected chi connectivity index (χ2v) is 9.89. The molecular formula is C28H40N2O8. The lowest BCUT2D eigenvalue weighted by molar-refractivity contribution is -0.140. The summed E-state index contributed by atoms with van der Waals surface area (Å²) in [6, 6.07) is 7.43. The number of hydrogen-bond acceptors (Lipinski definition) is 8. The van der Waals surface area contributed by atoms with E-state index >= 15 is 0 Å². The topological polar surface area (TPSA) is 129 Å². The predicted octanol–water partition coefficient (Wildman–Crippen LogP) is 4.63. The Balaban J connectivity index is 2.59. The summed E-state index contributed by atoms with van der Waals surface area (Å²) in [7, 11) is 0. The van der Waals surface area contributed by atoms with Gasteiger partial charge in [-0.25, -0.2) is 19.2 Å². The van der Waals surface area contributed by atoms with Crippen LogP contribution in [0.25, 0.3) is 0 Å². The van der Waals surface area contributed by atoms with Crippen molar-refractivity contribution in [1.29, 1.82) is 0 Å². The van der Waals surface area contributed by atoms with Gasteiger partial charge >= 0.3 is 24.1 Å². The Labute approximate surface area is 224 Å². The summed E-state index contributed by atoms with van der Waals surface area (Å²) in [5.41, 5.74) is 0.617. The lowest BCUT2D eigenvalue weighted by Gasteiger charge is -2.30. The summed E-state index contributed by atoms with van der Waals surface area (Å²) >= 11 is 0. The van der Waals surface area contributed by atoms with Crippen molar-refractivity contribution in [1.82, 2.24) is 10.6 Å². The zero-order chi connectivity index (χ0) is 28.9. The van der Waals surface area contributed by atoms with Crippen LogP contribution in [-0.2, 0) is 39.6 Å². The molecule has 0 aliphatic heterocycles. The van der Waals surface area contributed by atoms with Crippen molar-refractivity contribution in [3.63, 3.8) is 0 Å². The van der Waals surface area contributed by atoms with Crippen molar-refractivity contribution >= 4 is 24.1 Å². The fraction of sp³-hybridized carbons (Fsp3) is 0.500. The van der Waals surface area contributed by atoms with E-state index in [0.717, 1.165) is 11.1 Å². The largest absolute Gasteiger partial charge is 0.462 e. The van der Waals surface area contributed by atoms with E-state index in [-0.39, 0.29) is 32.0 Å². The lowest BCUT2D eigenvalue weighted by Crippen LogP contribution is -2.43. The summed E-state index contributed by atoms with van der Waals surface area (Å²) in [6.07, 6.45) is -0.143. The molecule has 0 radical (unpaired) electrons. The number of esters is 2. The van der Waals surface area contributed by atoms with Gasteiger partial charge in [0.1, 0.15) is 13.2 Å². The number of unbranched alkanes of at least 4 members (excludes halogenated alkanes) is 1. The highest BCUT2D eigenvalue weighted by molar-refractivity contribution is 5.87. The molecule has 10 nitrogen and oxygen atoms in total. The highest BCUT2D eigenvalue weighted by Crippen LogP contribution is 2.27. The third-order valence-corrected chi connectivity index (χ3v) is 5.39. The van der Waals surface area contributed by atoms with Crippen molar-refractivity contribution in [3.05, 3.63) is 59.7 Å². The molecule has 0 atom stereocenters. The highest BCUT2D eigenvalue weighted by Gasteiger charge is 2.28. The monoisotopic (exact) mass is 532 g/mol. The molecule has 2 amide bonds. The number of alkyl carbamates (subject to hydrolysis) is 2. The van der Waals surface area contributed by atoms with Crippen LogP contribution in [0.1, 0.15) is 65.5 Å². The summed E-state index contributed by atoms with van der Waals surface area (Å²) in [5, 5.41) is 5.64.